The third-order valence-electron chi connectivity index (χ3n) is 3.47. The van der Waals surface area contributed by atoms with E-state index in [9.17, 15) is 32.9 Å². The number of esters is 1. The molecule has 12 heteroatoms. The quantitative estimate of drug-likeness (QED) is 0.322. The van der Waals surface area contributed by atoms with Crippen LogP contribution in [0.2, 0.25) is 0 Å². The molecule has 1 N–H and O–H groups in total. The Morgan fingerprint density at radius 1 is 1.38 bits per heavy atom. The Hall–Kier alpha value is -3.28. The number of nitro groups is 1. The summed E-state index contributed by atoms with van der Waals surface area (Å²) in [6, 6.07) is 1.89. The van der Waals surface area contributed by atoms with Crippen LogP contribution < -0.4 is 5.32 Å². The Labute approximate surface area is 166 Å². The fraction of sp³-hybridized carbons (Fsp3) is 0.235. The fourth-order valence-electron chi connectivity index (χ4n) is 2.10. The number of hydrogen-bond acceptors (Lipinski definition) is 7. The molecular weight excluding hydrogens is 415 g/mol. The molecule has 0 bridgehead atoms. The van der Waals surface area contributed by atoms with Crippen molar-refractivity contribution in [2.75, 3.05) is 5.32 Å². The number of hydrogen-bond donors (Lipinski definition) is 1. The highest BCUT2D eigenvalue weighted by Crippen LogP contribution is 2.37. The van der Waals surface area contributed by atoms with E-state index in [1.54, 1.807) is 12.3 Å². The largest absolute Gasteiger partial charge is 0.449 e. The second kappa shape index (κ2) is 8.82. The topological polar surface area (TPSA) is 111 Å². The molecule has 0 radical (unpaired) electrons. The Morgan fingerprint density at radius 2 is 2.07 bits per heavy atom. The molecule has 154 valence electrons. The molecule has 1 unspecified atom stereocenters. The van der Waals surface area contributed by atoms with Crippen molar-refractivity contribution in [3.63, 3.8) is 0 Å². The van der Waals surface area contributed by atoms with Gasteiger partial charge in [0.15, 0.2) is 6.10 Å². The van der Waals surface area contributed by atoms with Gasteiger partial charge in [-0.1, -0.05) is 0 Å². The van der Waals surface area contributed by atoms with Gasteiger partial charge in [0.1, 0.15) is 0 Å². The van der Waals surface area contributed by atoms with Gasteiger partial charge in [0.2, 0.25) is 0 Å². The summed E-state index contributed by atoms with van der Waals surface area (Å²) in [5.41, 5.74) is -2.35. The molecule has 1 aromatic heterocycles. The number of aromatic nitrogens is 1. The number of alkyl halides is 3. The lowest BCUT2D eigenvalue weighted by molar-refractivity contribution is -0.385. The second-order valence-electron chi connectivity index (χ2n) is 5.68. The van der Waals surface area contributed by atoms with Crippen LogP contribution in [0.15, 0.2) is 29.7 Å². The van der Waals surface area contributed by atoms with Crippen LogP contribution >= 0.6 is 11.3 Å². The molecule has 29 heavy (non-hydrogen) atoms. The second-order valence-corrected chi connectivity index (χ2v) is 6.74. The molecule has 1 atom stereocenters. The van der Waals surface area contributed by atoms with Gasteiger partial charge in [0.05, 0.1) is 26.9 Å². The number of thiazole rings is 1. The van der Waals surface area contributed by atoms with E-state index in [-0.39, 0.29) is 0 Å². The molecule has 1 amide bonds. The molecule has 0 spiro atoms. The van der Waals surface area contributed by atoms with E-state index in [1.165, 1.54) is 24.3 Å². The molecule has 0 aliphatic carbocycles. The van der Waals surface area contributed by atoms with Crippen LogP contribution in [0.4, 0.5) is 24.5 Å². The lowest BCUT2D eigenvalue weighted by Crippen LogP contribution is -2.30. The van der Waals surface area contributed by atoms with Crippen molar-refractivity contribution in [1.82, 2.24) is 4.98 Å². The van der Waals surface area contributed by atoms with Crippen LogP contribution in [0.5, 0.6) is 0 Å². The molecule has 0 saturated heterocycles. The molecule has 1 aromatic carbocycles. The minimum Gasteiger partial charge on any atom is -0.449 e. The van der Waals surface area contributed by atoms with E-state index in [2.05, 4.69) is 4.98 Å². The third kappa shape index (κ3) is 6.10. The van der Waals surface area contributed by atoms with Crippen LogP contribution in [-0.2, 0) is 20.5 Å². The van der Waals surface area contributed by atoms with Crippen LogP contribution in [-0.4, -0.2) is 27.9 Å². The van der Waals surface area contributed by atoms with Gasteiger partial charge in [-0.25, -0.2) is 9.78 Å². The highest BCUT2D eigenvalue weighted by molar-refractivity contribution is 7.09. The average molecular weight is 429 g/mol. The SMILES string of the molecule is Cc1nc(/C=C/C(=O)OC(C)C(=O)Nc2ccc([N+](=O)[O-])cc2C(F)(F)F)cs1. The van der Waals surface area contributed by atoms with Crippen molar-refractivity contribution in [2.45, 2.75) is 26.1 Å². The van der Waals surface area contributed by atoms with Crippen molar-refractivity contribution < 1.29 is 32.4 Å². The van der Waals surface area contributed by atoms with Gasteiger partial charge in [-0.3, -0.25) is 14.9 Å². The predicted molar refractivity (Wildman–Crippen MR) is 98.2 cm³/mol. The Kier molecular flexibility index (Phi) is 6.69. The number of non-ortho nitro benzene ring substituents is 1. The number of nitrogens with one attached hydrogen (secondary N) is 1. The van der Waals surface area contributed by atoms with E-state index in [0.29, 0.717) is 11.8 Å². The summed E-state index contributed by atoms with van der Waals surface area (Å²) in [5.74, 6) is -1.92. The normalized spacial score (nSPS) is 12.6. The number of benzene rings is 1. The first-order chi connectivity index (χ1) is 13.5. The number of amides is 1. The smallest absolute Gasteiger partial charge is 0.418 e. The molecule has 0 fully saturated rings. The summed E-state index contributed by atoms with van der Waals surface area (Å²) in [6.45, 7) is 2.95. The molecule has 2 aromatic rings. The standard InChI is InChI=1S/C17H14F3N3O5S/c1-9(28-15(24)6-3-11-8-29-10(2)21-11)16(25)22-14-5-4-12(23(26)27)7-13(14)17(18,19)20/h3-9H,1-2H3,(H,22,25)/b6-3+. The molecule has 2 rings (SSSR count). The van der Waals surface area contributed by atoms with E-state index in [0.717, 1.165) is 23.2 Å². The minimum absolute atomic E-state index is 0.310. The summed E-state index contributed by atoms with van der Waals surface area (Å²) >= 11 is 1.37. The summed E-state index contributed by atoms with van der Waals surface area (Å²) in [4.78, 5) is 37.7. The van der Waals surface area contributed by atoms with Crippen molar-refractivity contribution in [3.8, 4) is 0 Å². The van der Waals surface area contributed by atoms with E-state index in [4.69, 9.17) is 4.74 Å². The van der Waals surface area contributed by atoms with Crippen LogP contribution in [0.3, 0.4) is 0 Å². The first-order valence-electron chi connectivity index (χ1n) is 7.94. The average Bonchev–Trinajstić information content (AvgIpc) is 3.04. The van der Waals surface area contributed by atoms with Crippen LogP contribution in [0.25, 0.3) is 6.08 Å². The monoisotopic (exact) mass is 429 g/mol. The van der Waals surface area contributed by atoms with E-state index >= 15 is 0 Å². The number of halogens is 3. The molecule has 0 aliphatic heterocycles. The van der Waals surface area contributed by atoms with Gasteiger partial charge in [-0.05, 0) is 26.0 Å². The lowest BCUT2D eigenvalue weighted by atomic mass is 10.1. The number of carbonyl (C=O) groups excluding carboxylic acids is 2. The maximum atomic E-state index is 13.1. The van der Waals surface area contributed by atoms with E-state index < -0.39 is 46.0 Å². The van der Waals surface area contributed by atoms with Gasteiger partial charge in [0.25, 0.3) is 11.6 Å². The lowest BCUT2D eigenvalue weighted by Gasteiger charge is -2.16. The zero-order valence-electron chi connectivity index (χ0n) is 15.0. The molecule has 1 heterocycles. The van der Waals surface area contributed by atoms with Crippen molar-refractivity contribution >= 4 is 40.7 Å². The molecule has 0 saturated carbocycles. The van der Waals surface area contributed by atoms with Crippen molar-refractivity contribution in [1.29, 1.82) is 0 Å². The van der Waals surface area contributed by atoms with Crippen molar-refractivity contribution in [3.05, 3.63) is 56.0 Å². The molecule has 0 aliphatic rings. The number of aryl methyl sites for hydroxylation is 1. The fourth-order valence-corrected chi connectivity index (χ4v) is 2.68. The van der Waals surface area contributed by atoms with Crippen LogP contribution in [0.1, 0.15) is 23.2 Å². The third-order valence-corrected chi connectivity index (χ3v) is 4.26. The number of nitrogens with zero attached hydrogens (tertiary/aromatic N) is 2. The Morgan fingerprint density at radius 3 is 2.62 bits per heavy atom. The zero-order valence-corrected chi connectivity index (χ0v) is 15.8. The number of nitro benzene ring substituents is 1. The highest BCUT2D eigenvalue weighted by atomic mass is 32.1. The number of carbonyl (C=O) groups is 2. The Balaban J connectivity index is 2.08. The number of rotatable bonds is 6. The van der Waals surface area contributed by atoms with Gasteiger partial charge in [-0.2, -0.15) is 13.2 Å². The van der Waals surface area contributed by atoms with Gasteiger partial charge >= 0.3 is 12.1 Å². The first-order valence-corrected chi connectivity index (χ1v) is 8.82. The first kappa shape index (κ1) is 22.0. The number of ether oxygens (including phenoxy) is 1. The van der Waals surface area contributed by atoms with Gasteiger partial charge in [-0.15, -0.1) is 11.3 Å². The maximum Gasteiger partial charge on any atom is 0.418 e. The highest BCUT2D eigenvalue weighted by Gasteiger charge is 2.36. The summed E-state index contributed by atoms with van der Waals surface area (Å²) < 4.78 is 44.3. The maximum absolute atomic E-state index is 13.1. The van der Waals surface area contributed by atoms with Crippen LogP contribution in [0, 0.1) is 17.0 Å². The zero-order chi connectivity index (χ0) is 21.8. The molecular formula is C17H14F3N3O5S. The summed E-state index contributed by atoms with van der Waals surface area (Å²) in [7, 11) is 0. The number of anilines is 1. The minimum atomic E-state index is -4.94. The summed E-state index contributed by atoms with van der Waals surface area (Å²) in [5, 5.41) is 15.1. The van der Waals surface area contributed by atoms with Crippen molar-refractivity contribution in [2.24, 2.45) is 0 Å². The van der Waals surface area contributed by atoms with Gasteiger partial charge in [0, 0.05) is 23.6 Å². The predicted octanol–water partition coefficient (Wildman–Crippen LogP) is 3.96. The van der Waals surface area contributed by atoms with E-state index in [1.807, 2.05) is 5.32 Å². The summed E-state index contributed by atoms with van der Waals surface area (Å²) in [6.07, 6.45) is -3.96. The van der Waals surface area contributed by atoms with Gasteiger partial charge < -0.3 is 10.1 Å². The molecule has 8 nitrogen and oxygen atoms in total. The Bertz CT molecular complexity index is 971.